The Kier molecular flexibility index (Phi) is 5.43. The first-order valence-electron chi connectivity index (χ1n) is 9.57. The number of hydrogen-bond donors (Lipinski definition) is 0. The van der Waals surface area contributed by atoms with Crippen LogP contribution in [0, 0.1) is 0 Å². The summed E-state index contributed by atoms with van der Waals surface area (Å²) in [5, 5.41) is 0.733. The number of anilines is 2. The third-order valence-corrected chi connectivity index (χ3v) is 5.50. The highest BCUT2D eigenvalue weighted by Crippen LogP contribution is 2.21. The van der Waals surface area contributed by atoms with E-state index in [4.69, 9.17) is 11.6 Å². The number of piperazine rings is 1. The van der Waals surface area contributed by atoms with Gasteiger partial charge in [0.1, 0.15) is 0 Å². The van der Waals surface area contributed by atoms with Gasteiger partial charge in [-0.1, -0.05) is 17.7 Å². The van der Waals surface area contributed by atoms with Gasteiger partial charge in [0.25, 0.3) is 5.91 Å². The number of aromatic nitrogens is 2. The van der Waals surface area contributed by atoms with Crippen molar-refractivity contribution in [3.05, 3.63) is 47.2 Å². The Labute approximate surface area is 164 Å². The van der Waals surface area contributed by atoms with Crippen LogP contribution in [0.5, 0.6) is 0 Å². The van der Waals surface area contributed by atoms with E-state index in [2.05, 4.69) is 25.8 Å². The van der Waals surface area contributed by atoms with Crippen molar-refractivity contribution in [3.8, 4) is 0 Å². The maximum absolute atomic E-state index is 12.8. The van der Waals surface area contributed by atoms with Crippen LogP contribution in [-0.2, 0) is 0 Å². The second kappa shape index (κ2) is 8.13. The van der Waals surface area contributed by atoms with Crippen LogP contribution in [0.3, 0.4) is 0 Å². The molecule has 0 atom stereocenters. The summed E-state index contributed by atoms with van der Waals surface area (Å²) in [7, 11) is 0. The zero-order chi connectivity index (χ0) is 18.6. The van der Waals surface area contributed by atoms with Crippen molar-refractivity contribution in [1.82, 2.24) is 14.9 Å². The monoisotopic (exact) mass is 385 g/mol. The zero-order valence-corrected chi connectivity index (χ0v) is 16.1. The lowest BCUT2D eigenvalue weighted by atomic mass is 10.1. The molecule has 2 aliphatic heterocycles. The van der Waals surface area contributed by atoms with Gasteiger partial charge in [0, 0.05) is 62.4 Å². The number of amides is 1. The molecule has 0 bridgehead atoms. The van der Waals surface area contributed by atoms with Crippen molar-refractivity contribution in [2.75, 3.05) is 49.1 Å². The lowest BCUT2D eigenvalue weighted by molar-refractivity contribution is 0.0746. The maximum Gasteiger partial charge on any atom is 0.257 e. The second-order valence-corrected chi connectivity index (χ2v) is 7.52. The smallest absolute Gasteiger partial charge is 0.257 e. The zero-order valence-electron chi connectivity index (χ0n) is 15.4. The number of nitrogens with zero attached hydrogens (tertiary/aromatic N) is 5. The third-order valence-electron chi connectivity index (χ3n) is 5.26. The molecule has 0 radical (unpaired) electrons. The summed E-state index contributed by atoms with van der Waals surface area (Å²) >= 11 is 6.08. The number of benzene rings is 1. The number of hydrogen-bond acceptors (Lipinski definition) is 5. The average Bonchev–Trinajstić information content (AvgIpc) is 2.74. The summed E-state index contributed by atoms with van der Waals surface area (Å²) in [4.78, 5) is 28.0. The van der Waals surface area contributed by atoms with Gasteiger partial charge in [-0.2, -0.15) is 0 Å². The van der Waals surface area contributed by atoms with Crippen LogP contribution in [0.15, 0.2) is 36.7 Å². The molecule has 7 heteroatoms. The van der Waals surface area contributed by atoms with Crippen LogP contribution in [0.4, 0.5) is 11.6 Å². The normalized spacial score (nSPS) is 17.9. The fourth-order valence-electron chi connectivity index (χ4n) is 3.71. The summed E-state index contributed by atoms with van der Waals surface area (Å²) in [6, 6.07) is 7.84. The Balaban J connectivity index is 1.36. The Morgan fingerprint density at radius 2 is 1.59 bits per heavy atom. The van der Waals surface area contributed by atoms with E-state index in [9.17, 15) is 4.79 Å². The Bertz CT molecular complexity index is 783. The average molecular weight is 386 g/mol. The van der Waals surface area contributed by atoms with E-state index in [1.54, 1.807) is 12.4 Å². The molecule has 3 heterocycles. The molecular formula is C20H24ClN5O. The summed E-state index contributed by atoms with van der Waals surface area (Å²) in [5.41, 5.74) is 1.66. The first-order chi connectivity index (χ1) is 13.2. The van der Waals surface area contributed by atoms with E-state index in [1.807, 2.05) is 23.1 Å². The van der Waals surface area contributed by atoms with Crippen LogP contribution in [-0.4, -0.2) is 60.0 Å². The standard InChI is InChI=1S/C20H24ClN5O/c21-17-5-4-6-18(13-17)24-9-11-25(12-10-24)19(27)16-14-22-20(23-15-16)26-7-2-1-3-8-26/h4-6,13-15H,1-3,7-12H2. The molecule has 0 spiro atoms. The van der Waals surface area contributed by atoms with Crippen LogP contribution < -0.4 is 9.80 Å². The lowest BCUT2D eigenvalue weighted by Crippen LogP contribution is -2.48. The molecule has 0 unspecified atom stereocenters. The highest BCUT2D eigenvalue weighted by atomic mass is 35.5. The van der Waals surface area contributed by atoms with Gasteiger partial charge in [-0.05, 0) is 37.5 Å². The van der Waals surface area contributed by atoms with Crippen LogP contribution in [0.1, 0.15) is 29.6 Å². The predicted molar refractivity (Wildman–Crippen MR) is 108 cm³/mol. The molecule has 0 N–H and O–H groups in total. The van der Waals surface area contributed by atoms with Crippen molar-refractivity contribution in [3.63, 3.8) is 0 Å². The van der Waals surface area contributed by atoms with Crippen molar-refractivity contribution in [1.29, 1.82) is 0 Å². The van der Waals surface area contributed by atoms with E-state index in [1.165, 1.54) is 19.3 Å². The Morgan fingerprint density at radius 1 is 0.889 bits per heavy atom. The molecule has 1 aromatic carbocycles. The fraction of sp³-hybridized carbons (Fsp3) is 0.450. The topological polar surface area (TPSA) is 52.6 Å². The van der Waals surface area contributed by atoms with E-state index in [0.29, 0.717) is 18.7 Å². The van der Waals surface area contributed by atoms with Gasteiger partial charge in [-0.3, -0.25) is 4.79 Å². The minimum absolute atomic E-state index is 0.00550. The molecule has 0 aliphatic carbocycles. The molecule has 0 saturated carbocycles. The van der Waals surface area contributed by atoms with Crippen molar-refractivity contribution in [2.45, 2.75) is 19.3 Å². The SMILES string of the molecule is O=C(c1cnc(N2CCCCC2)nc1)N1CCN(c2cccc(Cl)c2)CC1. The summed E-state index contributed by atoms with van der Waals surface area (Å²) in [6.45, 7) is 4.94. The minimum Gasteiger partial charge on any atom is -0.368 e. The Hall–Kier alpha value is -2.34. The second-order valence-electron chi connectivity index (χ2n) is 7.08. The van der Waals surface area contributed by atoms with E-state index >= 15 is 0 Å². The lowest BCUT2D eigenvalue weighted by Gasteiger charge is -2.36. The molecule has 2 aliphatic rings. The Morgan fingerprint density at radius 3 is 2.26 bits per heavy atom. The fourth-order valence-corrected chi connectivity index (χ4v) is 3.90. The van der Waals surface area contributed by atoms with E-state index in [0.717, 1.165) is 42.8 Å². The summed E-state index contributed by atoms with van der Waals surface area (Å²) in [5.74, 6) is 0.739. The molecule has 4 rings (SSSR count). The van der Waals surface area contributed by atoms with Gasteiger partial charge in [-0.25, -0.2) is 9.97 Å². The van der Waals surface area contributed by atoms with Gasteiger partial charge >= 0.3 is 0 Å². The van der Waals surface area contributed by atoms with E-state index < -0.39 is 0 Å². The predicted octanol–water partition coefficient (Wildman–Crippen LogP) is 3.08. The molecule has 27 heavy (non-hydrogen) atoms. The van der Waals surface area contributed by atoms with E-state index in [-0.39, 0.29) is 5.91 Å². The molecule has 2 fully saturated rings. The molecule has 2 saturated heterocycles. The third kappa shape index (κ3) is 4.16. The van der Waals surface area contributed by atoms with Crippen LogP contribution in [0.25, 0.3) is 0 Å². The molecule has 2 aromatic rings. The summed E-state index contributed by atoms with van der Waals surface area (Å²) in [6.07, 6.45) is 6.97. The van der Waals surface area contributed by atoms with Crippen molar-refractivity contribution >= 4 is 29.1 Å². The largest absolute Gasteiger partial charge is 0.368 e. The molecule has 1 amide bonds. The molecular weight excluding hydrogens is 362 g/mol. The van der Waals surface area contributed by atoms with Gasteiger partial charge in [-0.15, -0.1) is 0 Å². The highest BCUT2D eigenvalue weighted by molar-refractivity contribution is 6.30. The van der Waals surface area contributed by atoms with Gasteiger partial charge in [0.05, 0.1) is 5.56 Å². The first-order valence-corrected chi connectivity index (χ1v) is 9.95. The van der Waals surface area contributed by atoms with Gasteiger partial charge in [0.15, 0.2) is 0 Å². The van der Waals surface area contributed by atoms with Gasteiger partial charge < -0.3 is 14.7 Å². The molecule has 6 nitrogen and oxygen atoms in total. The number of carbonyl (C=O) groups excluding carboxylic acids is 1. The molecule has 142 valence electrons. The first kappa shape index (κ1) is 18.0. The number of halogens is 1. The quantitative estimate of drug-likeness (QED) is 0.812. The summed E-state index contributed by atoms with van der Waals surface area (Å²) < 4.78 is 0. The van der Waals surface area contributed by atoms with Crippen molar-refractivity contribution in [2.24, 2.45) is 0 Å². The number of piperidine rings is 1. The number of carbonyl (C=O) groups is 1. The van der Waals surface area contributed by atoms with Crippen molar-refractivity contribution < 1.29 is 4.79 Å². The highest BCUT2D eigenvalue weighted by Gasteiger charge is 2.23. The number of rotatable bonds is 3. The van der Waals surface area contributed by atoms with Gasteiger partial charge in [0.2, 0.25) is 5.95 Å². The molecule has 1 aromatic heterocycles. The van der Waals surface area contributed by atoms with Crippen LogP contribution >= 0.6 is 11.6 Å². The minimum atomic E-state index is 0.00550. The van der Waals surface area contributed by atoms with Crippen LogP contribution in [0.2, 0.25) is 5.02 Å². The maximum atomic E-state index is 12.8.